The van der Waals surface area contributed by atoms with Gasteiger partial charge in [-0.3, -0.25) is 4.79 Å². The van der Waals surface area contributed by atoms with E-state index in [0.717, 1.165) is 6.26 Å². The summed E-state index contributed by atoms with van der Waals surface area (Å²) in [6.45, 7) is 0. The summed E-state index contributed by atoms with van der Waals surface area (Å²) in [6.07, 6.45) is 1.00. The molecule has 8 heteroatoms. The van der Waals surface area contributed by atoms with Crippen molar-refractivity contribution < 1.29 is 22.7 Å². The third-order valence-electron chi connectivity index (χ3n) is 3.17. The van der Waals surface area contributed by atoms with Crippen LogP contribution < -0.4 is 5.32 Å². The Morgan fingerprint density at radius 3 is 2.42 bits per heavy atom. The first-order valence-electron chi connectivity index (χ1n) is 6.72. The Morgan fingerprint density at radius 1 is 1.12 bits per heavy atom. The van der Waals surface area contributed by atoms with Crippen molar-refractivity contribution in [1.29, 1.82) is 0 Å². The smallest absolute Gasteiger partial charge is 0.339 e. The molecule has 0 bridgehead atoms. The first-order valence-corrected chi connectivity index (χ1v) is 8.99. The average molecular weight is 368 g/mol. The molecule has 2 rings (SSSR count). The second kappa shape index (κ2) is 7.02. The fraction of sp³-hybridized carbons (Fsp3) is 0.125. The van der Waals surface area contributed by atoms with Gasteiger partial charge in [-0.25, -0.2) is 13.2 Å². The normalized spacial score (nSPS) is 11.0. The fourth-order valence-corrected chi connectivity index (χ4v) is 3.30. The van der Waals surface area contributed by atoms with E-state index in [9.17, 15) is 18.0 Å². The molecule has 6 nitrogen and oxygen atoms in total. The number of nitrogens with one attached hydrogen (secondary N) is 1. The molecule has 0 saturated heterocycles. The molecule has 126 valence electrons. The number of carbonyl (C=O) groups is 2. The lowest BCUT2D eigenvalue weighted by molar-refractivity contribution is 0.0602. The van der Waals surface area contributed by atoms with Crippen LogP contribution in [0, 0.1) is 0 Å². The summed E-state index contributed by atoms with van der Waals surface area (Å²) in [7, 11) is -2.34. The van der Waals surface area contributed by atoms with Gasteiger partial charge in [0.15, 0.2) is 9.84 Å². The van der Waals surface area contributed by atoms with Crippen molar-refractivity contribution in [2.45, 2.75) is 4.90 Å². The minimum Gasteiger partial charge on any atom is -0.465 e. The zero-order valence-electron chi connectivity index (χ0n) is 12.9. The number of rotatable bonds is 4. The molecule has 24 heavy (non-hydrogen) atoms. The zero-order chi connectivity index (χ0) is 17.9. The van der Waals surface area contributed by atoms with Gasteiger partial charge in [0.05, 0.1) is 28.3 Å². The van der Waals surface area contributed by atoms with Crippen molar-refractivity contribution in [2.24, 2.45) is 0 Å². The average Bonchev–Trinajstić information content (AvgIpc) is 2.53. The third kappa shape index (κ3) is 3.93. The van der Waals surface area contributed by atoms with E-state index in [1.165, 1.54) is 37.4 Å². The maximum atomic E-state index is 12.4. The van der Waals surface area contributed by atoms with Gasteiger partial charge in [0.25, 0.3) is 5.91 Å². The van der Waals surface area contributed by atoms with Crippen LogP contribution in [0.3, 0.4) is 0 Å². The standard InChI is InChI=1S/C16H14ClNO5S/c1-23-16(20)11-5-3-4-6-13(11)18-15(19)10-7-8-12(17)14(9-10)24(2,21)22/h3-9H,1-2H3,(H,18,19). The highest BCUT2D eigenvalue weighted by molar-refractivity contribution is 7.90. The number of hydrogen-bond acceptors (Lipinski definition) is 5. The van der Waals surface area contributed by atoms with Crippen LogP contribution in [-0.2, 0) is 14.6 Å². The molecule has 1 N–H and O–H groups in total. The van der Waals surface area contributed by atoms with E-state index in [0.29, 0.717) is 0 Å². The van der Waals surface area contributed by atoms with Crippen LogP contribution in [-0.4, -0.2) is 33.7 Å². The lowest BCUT2D eigenvalue weighted by Gasteiger charge is -2.10. The lowest BCUT2D eigenvalue weighted by atomic mass is 10.1. The molecule has 0 atom stereocenters. The van der Waals surface area contributed by atoms with E-state index in [4.69, 9.17) is 11.6 Å². The summed E-state index contributed by atoms with van der Waals surface area (Å²) < 4.78 is 28.0. The molecular formula is C16H14ClNO5S. The first kappa shape index (κ1) is 18.0. The van der Waals surface area contributed by atoms with Crippen molar-refractivity contribution in [3.05, 3.63) is 58.6 Å². The van der Waals surface area contributed by atoms with Crippen molar-refractivity contribution in [3.8, 4) is 0 Å². The number of para-hydroxylation sites is 1. The van der Waals surface area contributed by atoms with Gasteiger partial charge in [0.1, 0.15) is 0 Å². The van der Waals surface area contributed by atoms with Gasteiger partial charge >= 0.3 is 5.97 Å². The number of halogens is 1. The van der Waals surface area contributed by atoms with E-state index < -0.39 is 21.7 Å². The predicted octanol–water partition coefficient (Wildman–Crippen LogP) is 2.78. The van der Waals surface area contributed by atoms with Crippen LogP contribution in [0.2, 0.25) is 5.02 Å². The quantitative estimate of drug-likeness (QED) is 0.839. The predicted molar refractivity (Wildman–Crippen MR) is 90.3 cm³/mol. The molecule has 2 aromatic rings. The second-order valence-corrected chi connectivity index (χ2v) is 7.30. The highest BCUT2D eigenvalue weighted by atomic mass is 35.5. The van der Waals surface area contributed by atoms with E-state index in [1.807, 2.05) is 0 Å². The van der Waals surface area contributed by atoms with Crippen molar-refractivity contribution >= 4 is 39.0 Å². The minimum atomic E-state index is -3.57. The van der Waals surface area contributed by atoms with Gasteiger partial charge in [-0.1, -0.05) is 23.7 Å². The van der Waals surface area contributed by atoms with Gasteiger partial charge in [0, 0.05) is 11.8 Å². The summed E-state index contributed by atoms with van der Waals surface area (Å²) in [6, 6.07) is 10.2. The Morgan fingerprint density at radius 2 is 1.79 bits per heavy atom. The highest BCUT2D eigenvalue weighted by Gasteiger charge is 2.18. The Hall–Kier alpha value is -2.38. The maximum absolute atomic E-state index is 12.4. The number of sulfone groups is 1. The molecule has 0 aliphatic carbocycles. The summed E-state index contributed by atoms with van der Waals surface area (Å²) in [5.41, 5.74) is 0.537. The number of benzene rings is 2. The molecule has 0 heterocycles. The molecular weight excluding hydrogens is 354 g/mol. The van der Waals surface area contributed by atoms with E-state index in [2.05, 4.69) is 10.1 Å². The first-order chi connectivity index (χ1) is 11.2. The van der Waals surface area contributed by atoms with Crippen LogP contribution in [0.4, 0.5) is 5.69 Å². The number of amides is 1. The second-order valence-electron chi connectivity index (χ2n) is 4.91. The lowest BCUT2D eigenvalue weighted by Crippen LogP contribution is -2.16. The van der Waals surface area contributed by atoms with E-state index in [1.54, 1.807) is 12.1 Å². The Kier molecular flexibility index (Phi) is 5.26. The molecule has 0 aliphatic heterocycles. The van der Waals surface area contributed by atoms with Crippen LogP contribution in [0.25, 0.3) is 0 Å². The maximum Gasteiger partial charge on any atom is 0.339 e. The molecule has 0 saturated carbocycles. The Balaban J connectivity index is 2.37. The molecule has 2 aromatic carbocycles. The number of carbonyl (C=O) groups excluding carboxylic acids is 2. The van der Waals surface area contributed by atoms with Gasteiger partial charge < -0.3 is 10.1 Å². The van der Waals surface area contributed by atoms with Crippen molar-refractivity contribution in [1.82, 2.24) is 0 Å². The van der Waals surface area contributed by atoms with Crippen LogP contribution in [0.1, 0.15) is 20.7 Å². The molecule has 0 aromatic heterocycles. The number of methoxy groups -OCH3 is 1. The topological polar surface area (TPSA) is 89.5 Å². The van der Waals surface area contributed by atoms with E-state index >= 15 is 0 Å². The van der Waals surface area contributed by atoms with Gasteiger partial charge in [0.2, 0.25) is 0 Å². The zero-order valence-corrected chi connectivity index (χ0v) is 14.4. The fourth-order valence-electron chi connectivity index (χ4n) is 2.00. The number of ether oxygens (including phenoxy) is 1. The summed E-state index contributed by atoms with van der Waals surface area (Å²) in [5, 5.41) is 2.59. The largest absolute Gasteiger partial charge is 0.465 e. The van der Waals surface area contributed by atoms with Crippen molar-refractivity contribution in [2.75, 3.05) is 18.7 Å². The highest BCUT2D eigenvalue weighted by Crippen LogP contribution is 2.24. The Bertz CT molecular complexity index is 908. The summed E-state index contributed by atoms with van der Waals surface area (Å²) in [4.78, 5) is 23.9. The van der Waals surface area contributed by atoms with Gasteiger partial charge in [-0.2, -0.15) is 0 Å². The molecule has 0 fully saturated rings. The number of esters is 1. The van der Waals surface area contributed by atoms with Crippen LogP contribution in [0.15, 0.2) is 47.4 Å². The third-order valence-corrected chi connectivity index (χ3v) is 4.75. The molecule has 0 aliphatic rings. The minimum absolute atomic E-state index is 0.0315. The number of hydrogen-bond donors (Lipinski definition) is 1. The monoisotopic (exact) mass is 367 g/mol. The van der Waals surface area contributed by atoms with E-state index in [-0.39, 0.29) is 26.7 Å². The molecule has 0 spiro atoms. The molecule has 0 unspecified atom stereocenters. The van der Waals surface area contributed by atoms with Gasteiger partial charge in [-0.05, 0) is 30.3 Å². The van der Waals surface area contributed by atoms with Crippen LogP contribution in [0.5, 0.6) is 0 Å². The SMILES string of the molecule is COC(=O)c1ccccc1NC(=O)c1ccc(Cl)c(S(C)(=O)=O)c1. The summed E-state index contributed by atoms with van der Waals surface area (Å²) >= 11 is 5.86. The molecule has 0 radical (unpaired) electrons. The van der Waals surface area contributed by atoms with Crippen molar-refractivity contribution in [3.63, 3.8) is 0 Å². The Labute approximate surface area is 144 Å². The van der Waals surface area contributed by atoms with Gasteiger partial charge in [-0.15, -0.1) is 0 Å². The molecule has 1 amide bonds. The summed E-state index contributed by atoms with van der Waals surface area (Å²) in [5.74, 6) is -1.17. The van der Waals surface area contributed by atoms with Crippen LogP contribution >= 0.6 is 11.6 Å². The number of anilines is 1.